The Morgan fingerprint density at radius 1 is 1.06 bits per heavy atom. The van der Waals surface area contributed by atoms with Crippen molar-refractivity contribution in [1.82, 2.24) is 24.2 Å². The van der Waals surface area contributed by atoms with Crippen molar-refractivity contribution < 1.29 is 4.79 Å². The number of fused-ring (bicyclic) bond motifs is 1. The molecule has 0 atom stereocenters. The van der Waals surface area contributed by atoms with Crippen LogP contribution in [0.5, 0.6) is 0 Å². The zero-order valence-corrected chi connectivity index (χ0v) is 21.6. The SMILES string of the molecule is CCn1c(SCCCN(C)C)nc2c(cnn2Cc2ccc(C(=O)c3ccc(Cl)cc3)cc2)c1=O. The van der Waals surface area contributed by atoms with Crippen LogP contribution in [0.25, 0.3) is 11.0 Å². The number of ketones is 1. The van der Waals surface area contributed by atoms with Gasteiger partial charge in [0.2, 0.25) is 0 Å². The number of hydrogen-bond donors (Lipinski definition) is 0. The van der Waals surface area contributed by atoms with Crippen LogP contribution in [0.1, 0.15) is 34.8 Å². The highest BCUT2D eigenvalue weighted by molar-refractivity contribution is 7.99. The zero-order valence-electron chi connectivity index (χ0n) is 20.1. The Kier molecular flexibility index (Phi) is 8.05. The summed E-state index contributed by atoms with van der Waals surface area (Å²) >= 11 is 7.53. The number of rotatable bonds is 10. The molecule has 0 bridgehead atoms. The molecule has 0 aliphatic rings. The molecule has 0 saturated heterocycles. The van der Waals surface area contributed by atoms with Gasteiger partial charge in [-0.25, -0.2) is 9.67 Å². The van der Waals surface area contributed by atoms with E-state index in [0.717, 1.165) is 29.4 Å². The normalized spacial score (nSPS) is 11.5. The van der Waals surface area contributed by atoms with Crippen LogP contribution in [0.3, 0.4) is 0 Å². The van der Waals surface area contributed by atoms with Gasteiger partial charge in [-0.15, -0.1) is 0 Å². The van der Waals surface area contributed by atoms with Gasteiger partial charge in [-0.1, -0.05) is 47.6 Å². The molecule has 2 aromatic heterocycles. The lowest BCUT2D eigenvalue weighted by atomic mass is 10.0. The maximum atomic E-state index is 13.1. The summed E-state index contributed by atoms with van der Waals surface area (Å²) in [5, 5.41) is 6.27. The van der Waals surface area contributed by atoms with E-state index in [9.17, 15) is 9.59 Å². The van der Waals surface area contributed by atoms with Crippen LogP contribution >= 0.6 is 23.4 Å². The van der Waals surface area contributed by atoms with E-state index in [1.165, 1.54) is 0 Å². The van der Waals surface area contributed by atoms with Gasteiger partial charge >= 0.3 is 0 Å². The van der Waals surface area contributed by atoms with Gasteiger partial charge in [0.1, 0.15) is 5.39 Å². The summed E-state index contributed by atoms with van der Waals surface area (Å²) in [7, 11) is 4.10. The molecule has 0 N–H and O–H groups in total. The molecular weight excluding hydrogens is 482 g/mol. The second-order valence-corrected chi connectivity index (χ2v) is 10.0. The molecule has 2 aromatic carbocycles. The number of carbonyl (C=O) groups is 1. The maximum Gasteiger partial charge on any atom is 0.265 e. The number of thioether (sulfide) groups is 1. The Bertz CT molecular complexity index is 1380. The lowest BCUT2D eigenvalue weighted by molar-refractivity contribution is 0.103. The van der Waals surface area contributed by atoms with E-state index in [4.69, 9.17) is 16.6 Å². The summed E-state index contributed by atoms with van der Waals surface area (Å²) in [6.07, 6.45) is 2.60. The molecule has 0 aliphatic heterocycles. The Labute approximate surface area is 213 Å². The number of benzene rings is 2. The van der Waals surface area contributed by atoms with Crippen molar-refractivity contribution in [2.24, 2.45) is 0 Å². The number of hydrogen-bond acceptors (Lipinski definition) is 6. The molecule has 7 nitrogen and oxygen atoms in total. The van der Waals surface area contributed by atoms with Crippen molar-refractivity contribution in [2.45, 2.75) is 31.6 Å². The first-order chi connectivity index (χ1) is 16.9. The summed E-state index contributed by atoms with van der Waals surface area (Å²) in [6, 6.07) is 14.3. The Morgan fingerprint density at radius 2 is 1.71 bits per heavy atom. The van der Waals surface area contributed by atoms with Crippen LogP contribution in [0.15, 0.2) is 64.7 Å². The molecule has 0 radical (unpaired) electrons. The van der Waals surface area contributed by atoms with Crippen LogP contribution in [0, 0.1) is 0 Å². The molecule has 182 valence electrons. The number of halogens is 1. The molecule has 0 aliphatic carbocycles. The molecule has 0 amide bonds. The topological polar surface area (TPSA) is 73.0 Å². The molecule has 0 spiro atoms. The molecule has 35 heavy (non-hydrogen) atoms. The minimum absolute atomic E-state index is 0.0597. The Balaban J connectivity index is 1.55. The fourth-order valence-corrected chi connectivity index (χ4v) is 4.88. The van der Waals surface area contributed by atoms with Crippen LogP contribution in [-0.4, -0.2) is 56.4 Å². The lowest BCUT2D eigenvalue weighted by Gasteiger charge is -2.12. The second-order valence-electron chi connectivity index (χ2n) is 8.52. The zero-order chi connectivity index (χ0) is 24.9. The third kappa shape index (κ3) is 5.83. The van der Waals surface area contributed by atoms with E-state index >= 15 is 0 Å². The number of aromatic nitrogens is 4. The largest absolute Gasteiger partial charge is 0.309 e. The first-order valence-corrected chi connectivity index (χ1v) is 12.9. The van der Waals surface area contributed by atoms with Gasteiger partial charge in [-0.05, 0) is 63.8 Å². The van der Waals surface area contributed by atoms with Gasteiger partial charge in [0, 0.05) is 28.4 Å². The quantitative estimate of drug-likeness (QED) is 0.135. The van der Waals surface area contributed by atoms with Gasteiger partial charge in [-0.3, -0.25) is 14.2 Å². The van der Waals surface area contributed by atoms with Crippen molar-refractivity contribution in [3.8, 4) is 0 Å². The predicted octanol–water partition coefficient (Wildman–Crippen LogP) is 4.59. The van der Waals surface area contributed by atoms with Crippen LogP contribution in [0.2, 0.25) is 5.02 Å². The van der Waals surface area contributed by atoms with Gasteiger partial charge in [0.05, 0.1) is 12.7 Å². The first kappa shape index (κ1) is 25.2. The van der Waals surface area contributed by atoms with Crippen molar-refractivity contribution in [1.29, 1.82) is 0 Å². The number of carbonyl (C=O) groups excluding carboxylic acids is 1. The van der Waals surface area contributed by atoms with Crippen molar-refractivity contribution >= 4 is 40.2 Å². The van der Waals surface area contributed by atoms with Crippen molar-refractivity contribution in [2.75, 3.05) is 26.4 Å². The smallest absolute Gasteiger partial charge is 0.265 e. The van der Waals surface area contributed by atoms with E-state index in [0.29, 0.717) is 40.3 Å². The van der Waals surface area contributed by atoms with Crippen LogP contribution in [0.4, 0.5) is 0 Å². The molecule has 9 heteroatoms. The summed E-state index contributed by atoms with van der Waals surface area (Å²) in [5.74, 6) is 0.823. The van der Waals surface area contributed by atoms with E-state index in [1.807, 2.05) is 31.2 Å². The average Bonchev–Trinajstić information content (AvgIpc) is 3.25. The monoisotopic (exact) mass is 509 g/mol. The van der Waals surface area contributed by atoms with E-state index in [1.54, 1.807) is 51.5 Å². The van der Waals surface area contributed by atoms with Crippen LogP contribution < -0.4 is 5.56 Å². The number of nitrogens with zero attached hydrogens (tertiary/aromatic N) is 5. The highest BCUT2D eigenvalue weighted by Crippen LogP contribution is 2.20. The average molecular weight is 510 g/mol. The third-order valence-electron chi connectivity index (χ3n) is 5.67. The first-order valence-electron chi connectivity index (χ1n) is 11.5. The van der Waals surface area contributed by atoms with E-state index in [2.05, 4.69) is 24.1 Å². The highest BCUT2D eigenvalue weighted by atomic mass is 35.5. The third-order valence-corrected chi connectivity index (χ3v) is 6.99. The van der Waals surface area contributed by atoms with Gasteiger partial charge < -0.3 is 4.90 Å². The van der Waals surface area contributed by atoms with E-state index < -0.39 is 0 Å². The molecule has 0 saturated carbocycles. The molecule has 2 heterocycles. The lowest BCUT2D eigenvalue weighted by Crippen LogP contribution is -2.23. The molecule has 0 fully saturated rings. The summed E-state index contributed by atoms with van der Waals surface area (Å²) in [4.78, 5) is 32.8. The van der Waals surface area contributed by atoms with Gasteiger partial charge in [-0.2, -0.15) is 5.10 Å². The summed E-state index contributed by atoms with van der Waals surface area (Å²) in [6.45, 7) is 3.95. The predicted molar refractivity (Wildman–Crippen MR) is 142 cm³/mol. The summed E-state index contributed by atoms with van der Waals surface area (Å²) < 4.78 is 3.46. The van der Waals surface area contributed by atoms with Crippen molar-refractivity contribution in [3.05, 3.63) is 86.8 Å². The van der Waals surface area contributed by atoms with Gasteiger partial charge in [0.15, 0.2) is 16.6 Å². The minimum Gasteiger partial charge on any atom is -0.309 e. The van der Waals surface area contributed by atoms with Crippen molar-refractivity contribution in [3.63, 3.8) is 0 Å². The molecule has 4 rings (SSSR count). The fraction of sp³-hybridized carbons (Fsp3) is 0.308. The molecule has 4 aromatic rings. The van der Waals surface area contributed by atoms with E-state index in [-0.39, 0.29) is 11.3 Å². The van der Waals surface area contributed by atoms with Crippen LogP contribution in [-0.2, 0) is 13.1 Å². The Hall–Kier alpha value is -2.94. The molecular formula is C26H28ClN5O2S. The fourth-order valence-electron chi connectivity index (χ4n) is 3.78. The standard InChI is InChI=1S/C26H28ClN5O2S/c1-4-31-25(34)22-16-28-32(24(22)29-26(31)35-15-5-14-30(2)3)17-18-6-8-19(9-7-18)23(33)20-10-12-21(27)13-11-20/h6-13,16H,4-5,14-15,17H2,1-3H3. The molecule has 0 unspecified atom stereocenters. The maximum absolute atomic E-state index is 13.1. The second kappa shape index (κ2) is 11.2. The minimum atomic E-state index is -0.0669. The highest BCUT2D eigenvalue weighted by Gasteiger charge is 2.15. The summed E-state index contributed by atoms with van der Waals surface area (Å²) in [5.41, 5.74) is 2.66. The Morgan fingerprint density at radius 3 is 2.34 bits per heavy atom. The van der Waals surface area contributed by atoms with Gasteiger partial charge in [0.25, 0.3) is 5.56 Å².